The van der Waals surface area contributed by atoms with E-state index in [1.54, 1.807) is 0 Å². The molecule has 0 radical (unpaired) electrons. The molecule has 0 bridgehead atoms. The van der Waals surface area contributed by atoms with Crippen LogP contribution in [-0.2, 0) is 0 Å². The van der Waals surface area contributed by atoms with Crippen LogP contribution in [0, 0.1) is 5.92 Å². The first-order valence-corrected chi connectivity index (χ1v) is 5.09. The van der Waals surface area contributed by atoms with Crippen molar-refractivity contribution < 1.29 is 5.11 Å². The summed E-state index contributed by atoms with van der Waals surface area (Å²) in [6.07, 6.45) is 0.940. The van der Waals surface area contributed by atoms with Crippen LogP contribution >= 0.6 is 0 Å². The van der Waals surface area contributed by atoms with E-state index in [9.17, 15) is 5.11 Å². The Bertz CT molecular complexity index is 117. The summed E-state index contributed by atoms with van der Waals surface area (Å²) in [5.74, 6) is 0.701. The molecule has 0 rings (SSSR count). The van der Waals surface area contributed by atoms with E-state index in [1.165, 1.54) is 6.42 Å². The second kappa shape index (κ2) is 7.30. The van der Waals surface area contributed by atoms with Crippen LogP contribution in [0.2, 0.25) is 0 Å². The summed E-state index contributed by atoms with van der Waals surface area (Å²) in [5, 5.41) is 12.8. The van der Waals surface area contributed by atoms with Crippen molar-refractivity contribution >= 4 is 0 Å². The Labute approximate surface area is 82.1 Å². The Morgan fingerprint density at radius 3 is 2.38 bits per heavy atom. The smallest absolute Gasteiger partial charge is 0.0791 e. The Morgan fingerprint density at radius 2 is 1.92 bits per heavy atom. The van der Waals surface area contributed by atoms with E-state index < -0.39 is 0 Å². The number of hydrogen-bond donors (Lipinski definition) is 2. The molecule has 80 valence electrons. The third kappa shape index (κ3) is 8.22. The fourth-order valence-corrected chi connectivity index (χ4v) is 1.13. The van der Waals surface area contributed by atoms with Crippen LogP contribution in [0.15, 0.2) is 0 Å². The fourth-order valence-electron chi connectivity index (χ4n) is 1.13. The Hall–Kier alpha value is -0.120. The van der Waals surface area contributed by atoms with Gasteiger partial charge in [0.15, 0.2) is 0 Å². The highest BCUT2D eigenvalue weighted by Gasteiger charge is 2.05. The molecule has 13 heavy (non-hydrogen) atoms. The lowest BCUT2D eigenvalue weighted by atomic mass is 10.1. The number of nitrogens with zero attached hydrogens (tertiary/aromatic N) is 1. The predicted molar refractivity (Wildman–Crippen MR) is 56.9 cm³/mol. The molecule has 3 nitrogen and oxygen atoms in total. The first-order chi connectivity index (χ1) is 6.06. The van der Waals surface area contributed by atoms with Gasteiger partial charge in [0.1, 0.15) is 0 Å². The van der Waals surface area contributed by atoms with Gasteiger partial charge < -0.3 is 15.3 Å². The maximum absolute atomic E-state index is 9.50. The summed E-state index contributed by atoms with van der Waals surface area (Å²) in [7, 11) is 3.94. The van der Waals surface area contributed by atoms with Crippen LogP contribution < -0.4 is 5.32 Å². The summed E-state index contributed by atoms with van der Waals surface area (Å²) in [5.41, 5.74) is 0. The third-order valence-corrected chi connectivity index (χ3v) is 2.15. The molecule has 0 spiro atoms. The number of nitrogens with one attached hydrogen (secondary N) is 1. The van der Waals surface area contributed by atoms with E-state index in [0.717, 1.165) is 13.1 Å². The first kappa shape index (κ1) is 12.9. The Morgan fingerprint density at radius 1 is 1.31 bits per heavy atom. The molecule has 0 fully saturated rings. The molecule has 0 amide bonds. The molecule has 0 aliphatic rings. The Kier molecular flexibility index (Phi) is 7.23. The molecule has 0 aromatic heterocycles. The van der Waals surface area contributed by atoms with Gasteiger partial charge in [-0.2, -0.15) is 0 Å². The van der Waals surface area contributed by atoms with E-state index in [1.807, 2.05) is 19.0 Å². The van der Waals surface area contributed by atoms with E-state index in [4.69, 9.17) is 0 Å². The van der Waals surface area contributed by atoms with Gasteiger partial charge in [0.05, 0.1) is 6.10 Å². The summed E-state index contributed by atoms with van der Waals surface area (Å²) in [4.78, 5) is 2.00. The van der Waals surface area contributed by atoms with Crippen LogP contribution in [0.1, 0.15) is 20.3 Å². The lowest BCUT2D eigenvalue weighted by Crippen LogP contribution is -2.36. The molecular weight excluding hydrogens is 164 g/mol. The number of aliphatic hydroxyl groups is 1. The summed E-state index contributed by atoms with van der Waals surface area (Å²) in [6.45, 7) is 6.82. The second-order valence-corrected chi connectivity index (χ2v) is 4.09. The minimum atomic E-state index is -0.251. The van der Waals surface area contributed by atoms with Crippen molar-refractivity contribution in [3.63, 3.8) is 0 Å². The van der Waals surface area contributed by atoms with Gasteiger partial charge in [0.25, 0.3) is 0 Å². The summed E-state index contributed by atoms with van der Waals surface area (Å²) >= 11 is 0. The largest absolute Gasteiger partial charge is 0.390 e. The van der Waals surface area contributed by atoms with Gasteiger partial charge in [-0.05, 0) is 26.6 Å². The predicted octanol–water partition coefficient (Wildman–Crippen LogP) is 0.545. The molecule has 2 unspecified atom stereocenters. The summed E-state index contributed by atoms with van der Waals surface area (Å²) < 4.78 is 0. The molecule has 0 aliphatic carbocycles. The van der Waals surface area contributed by atoms with Crippen LogP contribution in [0.25, 0.3) is 0 Å². The van der Waals surface area contributed by atoms with Crippen molar-refractivity contribution in [3.05, 3.63) is 0 Å². The third-order valence-electron chi connectivity index (χ3n) is 2.15. The topological polar surface area (TPSA) is 35.5 Å². The van der Waals surface area contributed by atoms with Gasteiger partial charge >= 0.3 is 0 Å². The molecule has 0 aromatic carbocycles. The van der Waals surface area contributed by atoms with Gasteiger partial charge in [-0.15, -0.1) is 0 Å². The molecule has 0 aliphatic heterocycles. The molecule has 2 atom stereocenters. The minimum Gasteiger partial charge on any atom is -0.390 e. The van der Waals surface area contributed by atoms with Crippen LogP contribution in [0.5, 0.6) is 0 Å². The first-order valence-electron chi connectivity index (χ1n) is 5.09. The lowest BCUT2D eigenvalue weighted by molar-refractivity contribution is 0.134. The van der Waals surface area contributed by atoms with E-state index >= 15 is 0 Å². The summed E-state index contributed by atoms with van der Waals surface area (Å²) in [6, 6.07) is 0. The van der Waals surface area contributed by atoms with Gasteiger partial charge in [-0.25, -0.2) is 0 Å². The molecule has 3 heteroatoms. The van der Waals surface area contributed by atoms with Gasteiger partial charge in [0.2, 0.25) is 0 Å². The van der Waals surface area contributed by atoms with Gasteiger partial charge in [0, 0.05) is 13.1 Å². The van der Waals surface area contributed by atoms with Gasteiger partial charge in [-0.1, -0.05) is 20.3 Å². The average molecular weight is 188 g/mol. The average Bonchev–Trinajstić information content (AvgIpc) is 2.02. The maximum Gasteiger partial charge on any atom is 0.0791 e. The van der Waals surface area contributed by atoms with E-state index in [0.29, 0.717) is 12.5 Å². The van der Waals surface area contributed by atoms with Gasteiger partial charge in [-0.3, -0.25) is 0 Å². The SMILES string of the molecule is CCC(C)CNCC(O)CN(C)C. The number of likely N-dealkylation sites (N-methyl/N-ethyl adjacent to an activating group) is 1. The minimum absolute atomic E-state index is 0.251. The molecular formula is C10H24N2O. The van der Waals surface area contributed by atoms with E-state index in [2.05, 4.69) is 19.2 Å². The van der Waals surface area contributed by atoms with Crippen molar-refractivity contribution in [1.82, 2.24) is 10.2 Å². The van der Waals surface area contributed by atoms with Crippen molar-refractivity contribution in [1.29, 1.82) is 0 Å². The zero-order valence-electron chi connectivity index (χ0n) is 9.38. The number of hydrogen-bond acceptors (Lipinski definition) is 3. The standard InChI is InChI=1S/C10H24N2O/c1-5-9(2)6-11-7-10(13)8-12(3)4/h9-11,13H,5-8H2,1-4H3. The fraction of sp³-hybridized carbons (Fsp3) is 1.00. The monoisotopic (exact) mass is 188 g/mol. The Balaban J connectivity index is 3.31. The highest BCUT2D eigenvalue weighted by atomic mass is 16.3. The highest BCUT2D eigenvalue weighted by Crippen LogP contribution is 1.97. The van der Waals surface area contributed by atoms with Crippen molar-refractivity contribution in [2.45, 2.75) is 26.4 Å². The molecule has 0 heterocycles. The molecule has 0 saturated carbocycles. The van der Waals surface area contributed by atoms with Crippen molar-refractivity contribution in [2.24, 2.45) is 5.92 Å². The van der Waals surface area contributed by atoms with Crippen LogP contribution in [0.4, 0.5) is 0 Å². The van der Waals surface area contributed by atoms with E-state index in [-0.39, 0.29) is 6.10 Å². The lowest BCUT2D eigenvalue weighted by Gasteiger charge is -2.17. The quantitative estimate of drug-likeness (QED) is 0.612. The molecule has 2 N–H and O–H groups in total. The second-order valence-electron chi connectivity index (χ2n) is 4.09. The number of rotatable bonds is 7. The van der Waals surface area contributed by atoms with Crippen molar-refractivity contribution in [3.8, 4) is 0 Å². The highest BCUT2D eigenvalue weighted by molar-refractivity contribution is 4.63. The van der Waals surface area contributed by atoms with Crippen LogP contribution in [0.3, 0.4) is 0 Å². The van der Waals surface area contributed by atoms with Crippen molar-refractivity contribution in [2.75, 3.05) is 33.7 Å². The maximum atomic E-state index is 9.50. The number of aliphatic hydroxyl groups excluding tert-OH is 1. The normalized spacial score (nSPS) is 16.2. The molecule has 0 saturated heterocycles. The zero-order valence-corrected chi connectivity index (χ0v) is 9.38. The molecule has 0 aromatic rings. The van der Waals surface area contributed by atoms with Crippen LogP contribution in [-0.4, -0.2) is 49.8 Å². The zero-order chi connectivity index (χ0) is 10.3.